The molecule has 11 heteroatoms. The summed E-state index contributed by atoms with van der Waals surface area (Å²) >= 11 is 0. The third-order valence-corrected chi connectivity index (χ3v) is 7.79. The highest BCUT2D eigenvalue weighted by Crippen LogP contribution is 2.27. The molecule has 1 aliphatic carbocycles. The number of carbonyl (C=O) groups is 2. The van der Waals surface area contributed by atoms with E-state index in [9.17, 15) is 14.7 Å². The SMILES string of the molecule is CN(C1CCCCC1)[C@@H](CC(=O)O)C(=O)N1CCCC[C@@H]1CCOC1CCN(C(=N)N)CC1.Cl.Cl. The summed E-state index contributed by atoms with van der Waals surface area (Å²) in [4.78, 5) is 31.2. The second-order valence-corrected chi connectivity index (χ2v) is 9.98. The summed E-state index contributed by atoms with van der Waals surface area (Å²) in [6.07, 6.45) is 11.2. The molecule has 35 heavy (non-hydrogen) atoms. The van der Waals surface area contributed by atoms with Crippen molar-refractivity contribution in [3.05, 3.63) is 0 Å². The second kappa shape index (κ2) is 15.7. The van der Waals surface area contributed by atoms with E-state index < -0.39 is 12.0 Å². The van der Waals surface area contributed by atoms with Crippen LogP contribution in [0.15, 0.2) is 0 Å². The molecule has 9 nitrogen and oxygen atoms in total. The smallest absolute Gasteiger partial charge is 0.305 e. The van der Waals surface area contributed by atoms with Crippen LogP contribution in [0.1, 0.15) is 77.0 Å². The van der Waals surface area contributed by atoms with E-state index in [1.165, 1.54) is 6.42 Å². The molecule has 3 aliphatic rings. The summed E-state index contributed by atoms with van der Waals surface area (Å²) in [6.45, 7) is 2.80. The van der Waals surface area contributed by atoms with E-state index >= 15 is 0 Å². The van der Waals surface area contributed by atoms with Crippen LogP contribution in [0.2, 0.25) is 0 Å². The van der Waals surface area contributed by atoms with Crippen molar-refractivity contribution >= 4 is 42.7 Å². The molecule has 0 bridgehead atoms. The molecule has 0 spiro atoms. The van der Waals surface area contributed by atoms with E-state index in [2.05, 4.69) is 4.90 Å². The van der Waals surface area contributed by atoms with E-state index in [-0.39, 0.29) is 55.2 Å². The van der Waals surface area contributed by atoms with Crippen molar-refractivity contribution in [2.45, 2.75) is 101 Å². The van der Waals surface area contributed by atoms with E-state index in [0.29, 0.717) is 19.2 Å². The maximum atomic E-state index is 13.6. The van der Waals surface area contributed by atoms with Crippen LogP contribution < -0.4 is 5.73 Å². The first kappa shape index (κ1) is 31.7. The van der Waals surface area contributed by atoms with Crippen LogP contribution in [0.3, 0.4) is 0 Å². The quantitative estimate of drug-likeness (QED) is 0.305. The van der Waals surface area contributed by atoms with Crippen molar-refractivity contribution in [2.75, 3.05) is 33.3 Å². The Morgan fingerprint density at radius 1 is 1.03 bits per heavy atom. The Morgan fingerprint density at radius 3 is 2.26 bits per heavy atom. The van der Waals surface area contributed by atoms with Crippen LogP contribution in [0.5, 0.6) is 0 Å². The monoisotopic (exact) mass is 537 g/mol. The number of carboxylic acid groups (broad SMARTS) is 1. The first-order valence-electron chi connectivity index (χ1n) is 12.8. The first-order valence-corrected chi connectivity index (χ1v) is 12.8. The zero-order chi connectivity index (χ0) is 23.8. The topological polar surface area (TPSA) is 123 Å². The molecule has 2 heterocycles. The summed E-state index contributed by atoms with van der Waals surface area (Å²) in [5, 5.41) is 17.1. The molecule has 0 aromatic carbocycles. The lowest BCUT2D eigenvalue weighted by Crippen LogP contribution is -2.55. The largest absolute Gasteiger partial charge is 0.481 e. The van der Waals surface area contributed by atoms with Crippen molar-refractivity contribution in [1.29, 1.82) is 5.41 Å². The maximum absolute atomic E-state index is 13.6. The third kappa shape index (κ3) is 9.26. The van der Waals surface area contributed by atoms with Gasteiger partial charge in [-0.1, -0.05) is 19.3 Å². The maximum Gasteiger partial charge on any atom is 0.305 e. The lowest BCUT2D eigenvalue weighted by molar-refractivity contribution is -0.149. The minimum absolute atomic E-state index is 0. The zero-order valence-corrected chi connectivity index (χ0v) is 22.7. The van der Waals surface area contributed by atoms with Gasteiger partial charge in [0, 0.05) is 38.3 Å². The Bertz CT molecular complexity index is 672. The number of amides is 1. The number of carboxylic acids is 1. The fourth-order valence-electron chi connectivity index (χ4n) is 5.73. The minimum Gasteiger partial charge on any atom is -0.481 e. The van der Waals surface area contributed by atoms with Gasteiger partial charge in [-0.15, -0.1) is 24.8 Å². The molecule has 0 aromatic heterocycles. The van der Waals surface area contributed by atoms with Crippen molar-refractivity contribution in [1.82, 2.24) is 14.7 Å². The van der Waals surface area contributed by atoms with Gasteiger partial charge in [-0.25, -0.2) is 0 Å². The van der Waals surface area contributed by atoms with Crippen molar-refractivity contribution in [2.24, 2.45) is 5.73 Å². The van der Waals surface area contributed by atoms with Crippen LogP contribution in [0, 0.1) is 5.41 Å². The molecule has 4 N–H and O–H groups in total. The van der Waals surface area contributed by atoms with Gasteiger partial charge < -0.3 is 25.4 Å². The van der Waals surface area contributed by atoms with Crippen LogP contribution in [-0.2, 0) is 14.3 Å². The highest BCUT2D eigenvalue weighted by Gasteiger charge is 2.37. The first-order chi connectivity index (χ1) is 15.9. The molecule has 3 fully saturated rings. The molecule has 0 unspecified atom stereocenters. The molecule has 2 aliphatic heterocycles. The molecule has 0 radical (unpaired) electrons. The fraction of sp³-hybridized carbons (Fsp3) is 0.875. The van der Waals surface area contributed by atoms with Gasteiger partial charge in [0.2, 0.25) is 5.91 Å². The lowest BCUT2D eigenvalue weighted by Gasteiger charge is -2.42. The molecular weight excluding hydrogens is 493 g/mol. The van der Waals surface area contributed by atoms with Gasteiger partial charge in [-0.05, 0) is 58.4 Å². The number of piperidine rings is 2. The van der Waals surface area contributed by atoms with Crippen LogP contribution >= 0.6 is 24.8 Å². The van der Waals surface area contributed by atoms with Gasteiger partial charge in [0.05, 0.1) is 18.6 Å². The number of rotatable bonds is 9. The average Bonchev–Trinajstić information content (AvgIpc) is 2.83. The Kier molecular flexibility index (Phi) is 14.3. The van der Waals surface area contributed by atoms with Gasteiger partial charge in [-0.2, -0.15) is 0 Å². The van der Waals surface area contributed by atoms with Crippen molar-refractivity contribution in [3.63, 3.8) is 0 Å². The molecule has 0 aromatic rings. The molecule has 1 saturated carbocycles. The Hall–Kier alpha value is -1.29. The number of carbonyl (C=O) groups excluding carboxylic acids is 1. The molecule has 2 saturated heterocycles. The van der Waals surface area contributed by atoms with Crippen LogP contribution in [0.25, 0.3) is 0 Å². The highest BCUT2D eigenvalue weighted by atomic mass is 35.5. The zero-order valence-electron chi connectivity index (χ0n) is 21.0. The van der Waals surface area contributed by atoms with Gasteiger partial charge in [0.1, 0.15) is 0 Å². The van der Waals surface area contributed by atoms with Gasteiger partial charge in [0.25, 0.3) is 0 Å². The van der Waals surface area contributed by atoms with Crippen LogP contribution in [0.4, 0.5) is 0 Å². The standard InChI is InChI=1S/C24H43N5O4.2ClH/c1-27(18-7-3-2-4-8-18)21(17-22(30)31)23(32)29-13-6-5-9-19(29)12-16-33-20-10-14-28(15-11-20)24(25)26;;/h18-21H,2-17H2,1H3,(H3,25,26)(H,30,31);2*1H/t19-,21+;;/m1../s1. The van der Waals surface area contributed by atoms with E-state index in [0.717, 1.165) is 77.3 Å². The molecule has 2 atom stereocenters. The Balaban J connectivity index is 0.00000306. The fourth-order valence-corrected chi connectivity index (χ4v) is 5.73. The number of nitrogens with one attached hydrogen (secondary N) is 1. The van der Waals surface area contributed by atoms with Crippen LogP contribution in [-0.4, -0.2) is 95.2 Å². The van der Waals surface area contributed by atoms with Gasteiger partial charge >= 0.3 is 5.97 Å². The summed E-state index contributed by atoms with van der Waals surface area (Å²) < 4.78 is 6.13. The number of likely N-dealkylation sites (N-methyl/N-ethyl adjacent to an activating group) is 1. The molecule has 204 valence electrons. The number of aliphatic carboxylic acids is 1. The summed E-state index contributed by atoms with van der Waals surface area (Å²) in [5.41, 5.74) is 5.57. The van der Waals surface area contributed by atoms with Crippen molar-refractivity contribution in [3.8, 4) is 0 Å². The lowest BCUT2D eigenvalue weighted by atomic mass is 9.92. The van der Waals surface area contributed by atoms with Crippen molar-refractivity contribution < 1.29 is 19.4 Å². The molecule has 3 rings (SSSR count). The van der Waals surface area contributed by atoms with Gasteiger partial charge in [-0.3, -0.25) is 19.9 Å². The third-order valence-electron chi connectivity index (χ3n) is 7.79. The number of hydrogen-bond donors (Lipinski definition) is 3. The summed E-state index contributed by atoms with van der Waals surface area (Å²) in [7, 11) is 1.94. The van der Waals surface area contributed by atoms with E-state index in [1.54, 1.807) is 0 Å². The number of nitrogens with zero attached hydrogens (tertiary/aromatic N) is 3. The molecular formula is C24H45Cl2N5O4. The Labute approximate surface area is 222 Å². The van der Waals surface area contributed by atoms with E-state index in [1.807, 2.05) is 16.8 Å². The summed E-state index contributed by atoms with van der Waals surface area (Å²) in [5.74, 6) is -0.811. The number of halogens is 2. The van der Waals surface area contributed by atoms with E-state index in [4.69, 9.17) is 15.9 Å². The van der Waals surface area contributed by atoms with Gasteiger partial charge in [0.15, 0.2) is 5.96 Å². The number of nitrogens with two attached hydrogens (primary N) is 1. The number of hydrogen-bond acceptors (Lipinski definition) is 5. The second-order valence-electron chi connectivity index (χ2n) is 9.98. The number of guanidine groups is 1. The normalized spacial score (nSPS) is 22.7. The Morgan fingerprint density at radius 2 is 1.66 bits per heavy atom. The highest BCUT2D eigenvalue weighted by molar-refractivity contribution is 5.86. The average molecular weight is 539 g/mol. The number of ether oxygens (including phenoxy) is 1. The predicted octanol–water partition coefficient (Wildman–Crippen LogP) is 3.08. The minimum atomic E-state index is -0.912. The predicted molar refractivity (Wildman–Crippen MR) is 142 cm³/mol. The summed E-state index contributed by atoms with van der Waals surface area (Å²) in [6, 6.07) is -0.192. The molecule has 1 amide bonds. The number of likely N-dealkylation sites (tertiary alicyclic amines) is 2.